The number of halogens is 1. The second-order valence-electron chi connectivity index (χ2n) is 9.98. The van der Waals surface area contributed by atoms with E-state index in [4.69, 9.17) is 19.2 Å². The van der Waals surface area contributed by atoms with E-state index in [1.165, 1.54) is 29.2 Å². The van der Waals surface area contributed by atoms with Crippen LogP contribution in [0.1, 0.15) is 10.4 Å². The lowest BCUT2D eigenvalue weighted by molar-refractivity contribution is -0.117. The zero-order valence-electron chi connectivity index (χ0n) is 24.2. The zero-order valence-corrected chi connectivity index (χ0v) is 24.2. The number of hydrogen-bond acceptors (Lipinski definition) is 7. The number of carbonyl (C=O) groups excluding carboxylic acids is 2. The van der Waals surface area contributed by atoms with Crippen LogP contribution in [-0.4, -0.2) is 91.3 Å². The van der Waals surface area contributed by atoms with Gasteiger partial charge in [0.25, 0.3) is 5.91 Å². The number of nitrogens with zero attached hydrogens (tertiary/aromatic N) is 4. The van der Waals surface area contributed by atoms with Crippen molar-refractivity contribution in [1.29, 1.82) is 0 Å². The Morgan fingerprint density at radius 3 is 2.19 bits per heavy atom. The van der Waals surface area contributed by atoms with E-state index in [0.717, 1.165) is 30.1 Å². The topological polar surface area (TPSA) is 98.2 Å². The molecule has 0 spiro atoms. The van der Waals surface area contributed by atoms with E-state index < -0.39 is 11.7 Å². The van der Waals surface area contributed by atoms with Gasteiger partial charge in [-0.15, -0.1) is 0 Å². The summed E-state index contributed by atoms with van der Waals surface area (Å²) < 4.78 is 31.3. The van der Waals surface area contributed by atoms with E-state index in [9.17, 15) is 14.0 Å². The fraction of sp³-hybridized carbons (Fsp3) is 0.281. The minimum Gasteiger partial charge on any atom is -0.497 e. The third-order valence-electron chi connectivity index (χ3n) is 7.20. The van der Waals surface area contributed by atoms with E-state index >= 15 is 0 Å². The average Bonchev–Trinajstić information content (AvgIpc) is 3.47. The van der Waals surface area contributed by atoms with Crippen molar-refractivity contribution < 1.29 is 28.2 Å². The van der Waals surface area contributed by atoms with Crippen LogP contribution >= 0.6 is 0 Å². The SMILES string of the molecule is COc1ccc(-c2cn(-c3ccc(OC)cc3)c(NC(=O)CN(CCN3CCOCC3)C(=O)c3ccc(F)cc3)n2)cc1. The first-order chi connectivity index (χ1) is 20.9. The first kappa shape index (κ1) is 29.7. The van der Waals surface area contributed by atoms with Gasteiger partial charge in [0.15, 0.2) is 0 Å². The first-order valence-electron chi connectivity index (χ1n) is 14.0. The maximum Gasteiger partial charge on any atom is 0.254 e. The molecule has 1 aliphatic rings. The number of amides is 2. The van der Waals surface area contributed by atoms with Crippen molar-refractivity contribution in [2.75, 3.05) is 65.5 Å². The van der Waals surface area contributed by atoms with Crippen molar-refractivity contribution in [2.45, 2.75) is 0 Å². The van der Waals surface area contributed by atoms with Crippen molar-refractivity contribution in [1.82, 2.24) is 19.4 Å². The van der Waals surface area contributed by atoms with Gasteiger partial charge in [0.05, 0.1) is 33.1 Å². The maximum atomic E-state index is 13.5. The van der Waals surface area contributed by atoms with Crippen LogP contribution in [0.2, 0.25) is 0 Å². The monoisotopic (exact) mass is 587 g/mol. The quantitative estimate of drug-likeness (QED) is 0.282. The van der Waals surface area contributed by atoms with Gasteiger partial charge in [-0.1, -0.05) is 0 Å². The first-order valence-corrected chi connectivity index (χ1v) is 14.0. The Labute approximate surface area is 249 Å². The number of rotatable bonds is 11. The zero-order chi connectivity index (χ0) is 30.2. The summed E-state index contributed by atoms with van der Waals surface area (Å²) in [5, 5.41) is 2.90. The van der Waals surface area contributed by atoms with Crippen molar-refractivity contribution in [3.63, 3.8) is 0 Å². The average molecular weight is 588 g/mol. The normalized spacial score (nSPS) is 13.4. The lowest BCUT2D eigenvalue weighted by atomic mass is 10.1. The summed E-state index contributed by atoms with van der Waals surface area (Å²) in [4.78, 5) is 35.3. The molecule has 1 N–H and O–H groups in total. The van der Waals surface area contributed by atoms with Gasteiger partial charge in [0.1, 0.15) is 23.9 Å². The molecule has 43 heavy (non-hydrogen) atoms. The number of aromatic nitrogens is 2. The molecule has 0 radical (unpaired) electrons. The van der Waals surface area contributed by atoms with E-state index in [1.54, 1.807) is 18.8 Å². The molecule has 1 saturated heterocycles. The summed E-state index contributed by atoms with van der Waals surface area (Å²) >= 11 is 0. The van der Waals surface area contributed by atoms with Crippen LogP contribution in [0, 0.1) is 5.82 Å². The molecule has 0 aliphatic carbocycles. The van der Waals surface area contributed by atoms with Crippen LogP contribution in [0.25, 0.3) is 16.9 Å². The lowest BCUT2D eigenvalue weighted by Crippen LogP contribution is -2.45. The van der Waals surface area contributed by atoms with Gasteiger partial charge in [-0.3, -0.25) is 24.4 Å². The van der Waals surface area contributed by atoms with Crippen LogP contribution in [0.15, 0.2) is 79.0 Å². The molecule has 11 heteroatoms. The van der Waals surface area contributed by atoms with E-state index in [-0.39, 0.29) is 12.5 Å². The summed E-state index contributed by atoms with van der Waals surface area (Å²) in [5.74, 6) is 0.491. The molecule has 0 saturated carbocycles. The fourth-order valence-corrected chi connectivity index (χ4v) is 4.76. The number of morpholine rings is 1. The second kappa shape index (κ2) is 14.0. The maximum absolute atomic E-state index is 13.5. The van der Waals surface area contributed by atoms with Crippen molar-refractivity contribution in [3.05, 3.63) is 90.4 Å². The van der Waals surface area contributed by atoms with Gasteiger partial charge >= 0.3 is 0 Å². The van der Waals surface area contributed by atoms with Gasteiger partial charge in [-0.25, -0.2) is 9.37 Å². The summed E-state index contributed by atoms with van der Waals surface area (Å²) in [5.41, 5.74) is 2.54. The number of anilines is 1. The molecule has 4 aromatic rings. The van der Waals surface area contributed by atoms with E-state index in [0.29, 0.717) is 49.3 Å². The Hall–Kier alpha value is -4.74. The number of carbonyl (C=O) groups is 2. The van der Waals surface area contributed by atoms with Crippen LogP contribution in [0.3, 0.4) is 0 Å². The Morgan fingerprint density at radius 2 is 1.56 bits per heavy atom. The van der Waals surface area contributed by atoms with Gasteiger partial charge in [0.2, 0.25) is 11.9 Å². The minimum atomic E-state index is -0.438. The second-order valence-corrected chi connectivity index (χ2v) is 9.98. The smallest absolute Gasteiger partial charge is 0.254 e. The largest absolute Gasteiger partial charge is 0.497 e. The summed E-state index contributed by atoms with van der Waals surface area (Å²) in [6.45, 7) is 3.41. The highest BCUT2D eigenvalue weighted by atomic mass is 19.1. The standard InChI is InChI=1S/C32H34FN5O5/c1-41-27-11-5-23(6-12-27)29-21-38(26-9-13-28(42-2)14-10-26)32(34-29)35-30(39)22-37(16-15-36-17-19-43-20-18-36)31(40)24-3-7-25(33)8-4-24/h3-14,21H,15-20,22H2,1-2H3,(H,34,35,39). The van der Waals surface area contributed by atoms with Gasteiger partial charge < -0.3 is 19.1 Å². The Morgan fingerprint density at radius 1 is 0.930 bits per heavy atom. The highest BCUT2D eigenvalue weighted by molar-refractivity contribution is 5.99. The Kier molecular flexibility index (Phi) is 9.65. The molecular weight excluding hydrogens is 553 g/mol. The highest BCUT2D eigenvalue weighted by Crippen LogP contribution is 2.27. The molecule has 1 aliphatic heterocycles. The lowest BCUT2D eigenvalue weighted by Gasteiger charge is -2.30. The van der Waals surface area contributed by atoms with E-state index in [1.807, 2.05) is 54.7 Å². The number of nitrogens with one attached hydrogen (secondary N) is 1. The molecular formula is C32H34FN5O5. The van der Waals surface area contributed by atoms with Crippen molar-refractivity contribution in [2.24, 2.45) is 0 Å². The fourth-order valence-electron chi connectivity index (χ4n) is 4.76. The number of hydrogen-bond donors (Lipinski definition) is 1. The molecule has 0 atom stereocenters. The van der Waals surface area contributed by atoms with Gasteiger partial charge in [-0.05, 0) is 72.8 Å². The van der Waals surface area contributed by atoms with Crippen LogP contribution in [0.4, 0.5) is 10.3 Å². The van der Waals surface area contributed by atoms with Crippen molar-refractivity contribution >= 4 is 17.8 Å². The Balaban J connectivity index is 1.39. The predicted molar refractivity (Wildman–Crippen MR) is 160 cm³/mol. The van der Waals surface area contributed by atoms with Gasteiger partial charge in [0, 0.05) is 49.2 Å². The molecule has 2 heterocycles. The highest BCUT2D eigenvalue weighted by Gasteiger charge is 2.22. The molecule has 0 bridgehead atoms. The number of ether oxygens (including phenoxy) is 3. The van der Waals surface area contributed by atoms with Crippen LogP contribution in [-0.2, 0) is 9.53 Å². The number of imidazole rings is 1. The van der Waals surface area contributed by atoms with Crippen molar-refractivity contribution in [3.8, 4) is 28.4 Å². The Bertz CT molecular complexity index is 1520. The van der Waals surface area contributed by atoms with E-state index in [2.05, 4.69) is 10.2 Å². The molecule has 3 aromatic carbocycles. The molecule has 2 amide bonds. The van der Waals surface area contributed by atoms with Gasteiger partial charge in [-0.2, -0.15) is 0 Å². The molecule has 5 rings (SSSR count). The third kappa shape index (κ3) is 7.56. The summed E-state index contributed by atoms with van der Waals surface area (Å²) in [6.07, 6.45) is 1.83. The number of benzene rings is 3. The van der Waals surface area contributed by atoms with Crippen LogP contribution in [0.5, 0.6) is 11.5 Å². The molecule has 1 fully saturated rings. The molecule has 224 valence electrons. The third-order valence-corrected chi connectivity index (χ3v) is 7.20. The molecule has 1 aromatic heterocycles. The summed E-state index contributed by atoms with van der Waals surface area (Å²) in [7, 11) is 3.20. The minimum absolute atomic E-state index is 0.214. The number of methoxy groups -OCH3 is 2. The summed E-state index contributed by atoms with van der Waals surface area (Å²) in [6, 6.07) is 20.1. The predicted octanol–water partition coefficient (Wildman–Crippen LogP) is 4.11. The molecule has 0 unspecified atom stereocenters. The molecule has 10 nitrogen and oxygen atoms in total. The van der Waals surface area contributed by atoms with Crippen LogP contribution < -0.4 is 14.8 Å².